The van der Waals surface area contributed by atoms with Gasteiger partial charge in [-0.05, 0) is 38.5 Å². The molecule has 2 heterocycles. The van der Waals surface area contributed by atoms with Gasteiger partial charge in [-0.25, -0.2) is 9.97 Å². The Hall–Kier alpha value is -1.81. The normalized spacial score (nSPS) is 13.0. The summed E-state index contributed by atoms with van der Waals surface area (Å²) in [5, 5.41) is 0. The predicted molar refractivity (Wildman–Crippen MR) is 79.1 cm³/mol. The van der Waals surface area contributed by atoms with Crippen LogP contribution in [0.25, 0.3) is 11.0 Å². The van der Waals surface area contributed by atoms with Crippen molar-refractivity contribution in [3.8, 4) is 0 Å². The van der Waals surface area contributed by atoms with Gasteiger partial charge in [-0.2, -0.15) is 0 Å². The lowest BCUT2D eigenvalue weighted by molar-refractivity contribution is 0.415. The van der Waals surface area contributed by atoms with Gasteiger partial charge in [0.1, 0.15) is 17.6 Å². The summed E-state index contributed by atoms with van der Waals surface area (Å²) in [5.41, 5.74) is 3.20. The molecule has 1 atom stereocenters. The number of rotatable bonds is 3. The van der Waals surface area contributed by atoms with Crippen LogP contribution in [0.4, 0.5) is 0 Å². The molecular formula is C15H16ClN3O. The van der Waals surface area contributed by atoms with Crippen LogP contribution >= 0.6 is 11.6 Å². The van der Waals surface area contributed by atoms with E-state index in [2.05, 4.69) is 33.6 Å². The van der Waals surface area contributed by atoms with E-state index < -0.39 is 0 Å². The van der Waals surface area contributed by atoms with Crippen molar-refractivity contribution in [2.24, 2.45) is 0 Å². The number of hydrogen-bond donors (Lipinski definition) is 0. The Balaban J connectivity index is 2.20. The minimum absolute atomic E-state index is 0.0377. The third-order valence-corrected chi connectivity index (χ3v) is 3.66. The highest BCUT2D eigenvalue weighted by molar-refractivity contribution is 6.16. The number of oxazole rings is 1. The van der Waals surface area contributed by atoms with Crippen molar-refractivity contribution in [3.63, 3.8) is 0 Å². The third kappa shape index (κ3) is 2.10. The lowest BCUT2D eigenvalue weighted by Gasteiger charge is -2.13. The fourth-order valence-corrected chi connectivity index (χ4v) is 2.64. The highest BCUT2D eigenvalue weighted by Crippen LogP contribution is 2.27. The molecule has 1 aromatic carbocycles. The van der Waals surface area contributed by atoms with Crippen LogP contribution < -0.4 is 0 Å². The van der Waals surface area contributed by atoms with Crippen LogP contribution in [0.15, 0.2) is 28.8 Å². The summed E-state index contributed by atoms with van der Waals surface area (Å²) in [6.45, 7) is 6.00. The van der Waals surface area contributed by atoms with Crippen LogP contribution in [0.3, 0.4) is 0 Å². The summed E-state index contributed by atoms with van der Waals surface area (Å²) in [4.78, 5) is 8.91. The second kappa shape index (κ2) is 4.94. The van der Waals surface area contributed by atoms with Crippen molar-refractivity contribution >= 4 is 22.6 Å². The average molecular weight is 290 g/mol. The number of aryl methyl sites for hydroxylation is 2. The molecule has 2 aromatic heterocycles. The SMILES string of the molecule is Cc1ccc2nc(CCl)n(C(C)c3ncc(C)o3)c2c1. The van der Waals surface area contributed by atoms with Crippen molar-refractivity contribution < 1.29 is 4.42 Å². The Bertz CT molecular complexity index is 760. The summed E-state index contributed by atoms with van der Waals surface area (Å²) < 4.78 is 7.74. The first-order valence-electron chi connectivity index (χ1n) is 6.56. The molecular weight excluding hydrogens is 274 g/mol. The summed E-state index contributed by atoms with van der Waals surface area (Å²) in [7, 11) is 0. The number of fused-ring (bicyclic) bond motifs is 1. The number of aromatic nitrogens is 3. The topological polar surface area (TPSA) is 43.9 Å². The molecule has 3 aromatic rings. The molecule has 3 rings (SSSR count). The smallest absolute Gasteiger partial charge is 0.217 e. The standard InChI is InChI=1S/C15H16ClN3O/c1-9-4-5-12-13(6-9)19(14(7-16)18-12)11(3)15-17-8-10(2)20-15/h4-6,8,11H,7H2,1-3H3. The predicted octanol–water partition coefficient (Wildman–Crippen LogP) is 3.99. The van der Waals surface area contributed by atoms with E-state index in [-0.39, 0.29) is 6.04 Å². The average Bonchev–Trinajstić information content (AvgIpc) is 3.01. The maximum absolute atomic E-state index is 6.05. The minimum Gasteiger partial charge on any atom is -0.444 e. The van der Waals surface area contributed by atoms with Crippen molar-refractivity contribution in [2.45, 2.75) is 32.7 Å². The summed E-state index contributed by atoms with van der Waals surface area (Å²) in [5.74, 6) is 2.67. The largest absolute Gasteiger partial charge is 0.444 e. The van der Waals surface area contributed by atoms with E-state index in [1.54, 1.807) is 6.20 Å². The molecule has 1 unspecified atom stereocenters. The summed E-state index contributed by atoms with van der Waals surface area (Å²) in [6.07, 6.45) is 1.73. The Kier molecular flexibility index (Phi) is 3.26. The zero-order chi connectivity index (χ0) is 14.3. The fraction of sp³-hybridized carbons (Fsp3) is 0.333. The molecule has 20 heavy (non-hydrogen) atoms. The second-order valence-corrected chi connectivity index (χ2v) is 5.28. The van der Waals surface area contributed by atoms with Gasteiger partial charge in [-0.3, -0.25) is 0 Å². The minimum atomic E-state index is -0.0377. The molecule has 0 aliphatic rings. The first-order valence-corrected chi connectivity index (χ1v) is 7.09. The Morgan fingerprint density at radius 2 is 2.15 bits per heavy atom. The highest BCUT2D eigenvalue weighted by Gasteiger charge is 2.20. The second-order valence-electron chi connectivity index (χ2n) is 5.01. The van der Waals surface area contributed by atoms with E-state index in [1.807, 2.05) is 19.9 Å². The quantitative estimate of drug-likeness (QED) is 0.685. The molecule has 0 aliphatic heterocycles. The van der Waals surface area contributed by atoms with E-state index in [9.17, 15) is 0 Å². The molecule has 4 nitrogen and oxygen atoms in total. The molecule has 0 bridgehead atoms. The van der Waals surface area contributed by atoms with Gasteiger partial charge in [0, 0.05) is 0 Å². The molecule has 104 valence electrons. The zero-order valence-electron chi connectivity index (χ0n) is 11.7. The van der Waals surface area contributed by atoms with Crippen molar-refractivity contribution in [1.82, 2.24) is 14.5 Å². The van der Waals surface area contributed by atoms with Crippen LogP contribution in [0, 0.1) is 13.8 Å². The molecule has 5 heteroatoms. The number of nitrogens with zero attached hydrogens (tertiary/aromatic N) is 3. The number of benzene rings is 1. The van der Waals surface area contributed by atoms with Gasteiger partial charge in [0.2, 0.25) is 5.89 Å². The first-order chi connectivity index (χ1) is 9.60. The van der Waals surface area contributed by atoms with E-state index in [4.69, 9.17) is 16.0 Å². The Labute approximate surface area is 122 Å². The summed E-state index contributed by atoms with van der Waals surface area (Å²) >= 11 is 6.05. The van der Waals surface area contributed by atoms with Gasteiger partial charge < -0.3 is 8.98 Å². The van der Waals surface area contributed by atoms with Crippen LogP contribution in [-0.2, 0) is 5.88 Å². The van der Waals surface area contributed by atoms with Crippen molar-refractivity contribution in [1.29, 1.82) is 0 Å². The number of alkyl halides is 1. The molecule has 0 amide bonds. The number of hydrogen-bond acceptors (Lipinski definition) is 3. The van der Waals surface area contributed by atoms with Crippen molar-refractivity contribution in [2.75, 3.05) is 0 Å². The van der Waals surface area contributed by atoms with E-state index in [0.717, 1.165) is 22.6 Å². The monoisotopic (exact) mass is 289 g/mol. The molecule has 0 fully saturated rings. The molecule has 0 radical (unpaired) electrons. The zero-order valence-corrected chi connectivity index (χ0v) is 12.5. The number of halogens is 1. The highest BCUT2D eigenvalue weighted by atomic mass is 35.5. The Morgan fingerprint density at radius 1 is 1.35 bits per heavy atom. The van der Waals surface area contributed by atoms with Crippen LogP contribution in [-0.4, -0.2) is 14.5 Å². The molecule has 0 N–H and O–H groups in total. The van der Waals surface area contributed by atoms with Gasteiger partial charge in [-0.1, -0.05) is 6.07 Å². The molecule has 0 aliphatic carbocycles. The number of imidazole rings is 1. The van der Waals surface area contributed by atoms with Crippen LogP contribution in [0.2, 0.25) is 0 Å². The third-order valence-electron chi connectivity index (χ3n) is 3.42. The van der Waals surface area contributed by atoms with Crippen molar-refractivity contribution in [3.05, 3.63) is 47.4 Å². The van der Waals surface area contributed by atoms with Crippen LogP contribution in [0.1, 0.15) is 36.0 Å². The Morgan fingerprint density at radius 3 is 2.80 bits per heavy atom. The molecule has 0 spiro atoms. The van der Waals surface area contributed by atoms with E-state index >= 15 is 0 Å². The van der Waals surface area contributed by atoms with Gasteiger partial charge in [0.15, 0.2) is 0 Å². The maximum Gasteiger partial charge on any atom is 0.217 e. The first kappa shape index (κ1) is 13.2. The molecule has 0 saturated heterocycles. The van der Waals surface area contributed by atoms with Gasteiger partial charge in [0.05, 0.1) is 23.1 Å². The lowest BCUT2D eigenvalue weighted by atomic mass is 10.2. The van der Waals surface area contributed by atoms with Crippen LogP contribution in [0.5, 0.6) is 0 Å². The van der Waals surface area contributed by atoms with Gasteiger partial charge >= 0.3 is 0 Å². The van der Waals surface area contributed by atoms with E-state index in [1.165, 1.54) is 5.56 Å². The molecule has 0 saturated carbocycles. The van der Waals surface area contributed by atoms with Gasteiger partial charge in [-0.15, -0.1) is 11.6 Å². The summed E-state index contributed by atoms with van der Waals surface area (Å²) in [6, 6.07) is 6.15. The lowest BCUT2D eigenvalue weighted by Crippen LogP contribution is -2.10. The maximum atomic E-state index is 6.05. The van der Waals surface area contributed by atoms with Gasteiger partial charge in [0.25, 0.3) is 0 Å². The van der Waals surface area contributed by atoms with E-state index in [0.29, 0.717) is 11.8 Å². The fourth-order valence-electron chi connectivity index (χ4n) is 2.46.